The highest BCUT2D eigenvalue weighted by atomic mass is 16.2. The van der Waals surface area contributed by atoms with Crippen LogP contribution in [0.1, 0.15) is 28.8 Å². The van der Waals surface area contributed by atoms with Crippen LogP contribution in [0.5, 0.6) is 0 Å². The molecule has 9 heteroatoms. The first-order valence-electron chi connectivity index (χ1n) is 12.4. The van der Waals surface area contributed by atoms with Crippen LogP contribution in [0.25, 0.3) is 11.0 Å². The standard InChI is InChI=1S/C28H31N7O2/c1-18-16-29-25-24(18)26(31-17-30-25)35-12-10-19(11-13-35)27(36)32-21-7-4-6-20(14-21)28(37)33-22-8-5-9-23(15-22)34(2)3/h4-9,14-17,19H,10-13H2,1-3H3,(H,32,36)(H,33,37)(H,29,30,31). The predicted octanol–water partition coefficient (Wildman–Crippen LogP) is 4.44. The molecule has 37 heavy (non-hydrogen) atoms. The monoisotopic (exact) mass is 497 g/mol. The van der Waals surface area contributed by atoms with E-state index in [1.165, 1.54) is 0 Å². The first-order valence-corrected chi connectivity index (χ1v) is 12.4. The van der Waals surface area contributed by atoms with Crippen LogP contribution in [0.15, 0.2) is 61.1 Å². The van der Waals surface area contributed by atoms with E-state index in [4.69, 9.17) is 0 Å². The zero-order chi connectivity index (χ0) is 25.9. The number of H-pyrrole nitrogens is 1. The Balaban J connectivity index is 1.20. The molecule has 0 atom stereocenters. The topological polar surface area (TPSA) is 106 Å². The number of nitrogens with zero attached hydrogens (tertiary/aromatic N) is 4. The van der Waals surface area contributed by atoms with Crippen LogP contribution in [0.3, 0.4) is 0 Å². The zero-order valence-electron chi connectivity index (χ0n) is 21.3. The average molecular weight is 498 g/mol. The van der Waals surface area contributed by atoms with E-state index in [1.807, 2.05) is 62.4 Å². The van der Waals surface area contributed by atoms with E-state index in [-0.39, 0.29) is 17.7 Å². The third kappa shape index (κ3) is 5.25. The van der Waals surface area contributed by atoms with E-state index in [2.05, 4.69) is 30.5 Å². The average Bonchev–Trinajstić information content (AvgIpc) is 3.30. The molecule has 4 aromatic rings. The van der Waals surface area contributed by atoms with Gasteiger partial charge in [0, 0.05) is 61.9 Å². The van der Waals surface area contributed by atoms with Gasteiger partial charge in [0.2, 0.25) is 5.91 Å². The van der Waals surface area contributed by atoms with Gasteiger partial charge in [-0.1, -0.05) is 12.1 Å². The Morgan fingerprint density at radius 1 is 1.00 bits per heavy atom. The molecule has 0 unspecified atom stereocenters. The molecule has 0 aliphatic carbocycles. The Morgan fingerprint density at radius 3 is 2.49 bits per heavy atom. The highest BCUT2D eigenvalue weighted by molar-refractivity contribution is 6.05. The number of aromatic amines is 1. The molecule has 1 aliphatic rings. The molecule has 2 aromatic heterocycles. The number of hydrogen-bond donors (Lipinski definition) is 3. The Hall–Kier alpha value is -4.40. The molecule has 0 bridgehead atoms. The molecule has 190 valence electrons. The number of amides is 2. The molecule has 1 aliphatic heterocycles. The van der Waals surface area contributed by atoms with Crippen molar-refractivity contribution in [1.29, 1.82) is 0 Å². The fourth-order valence-electron chi connectivity index (χ4n) is 4.74. The van der Waals surface area contributed by atoms with Crippen LogP contribution >= 0.6 is 0 Å². The maximum absolute atomic E-state index is 13.0. The van der Waals surface area contributed by atoms with Gasteiger partial charge in [-0.05, 0) is 61.7 Å². The molecule has 3 heterocycles. The highest BCUT2D eigenvalue weighted by Gasteiger charge is 2.27. The van der Waals surface area contributed by atoms with Crippen molar-refractivity contribution >= 4 is 45.7 Å². The number of carbonyl (C=O) groups excluding carboxylic acids is 2. The fourth-order valence-corrected chi connectivity index (χ4v) is 4.74. The van der Waals surface area contributed by atoms with Gasteiger partial charge in [-0.3, -0.25) is 9.59 Å². The smallest absolute Gasteiger partial charge is 0.255 e. The molecule has 3 N–H and O–H groups in total. The second kappa shape index (κ2) is 10.3. The number of benzene rings is 2. The summed E-state index contributed by atoms with van der Waals surface area (Å²) in [6.45, 7) is 3.52. The van der Waals surface area contributed by atoms with Crippen LogP contribution in [-0.4, -0.2) is 54.0 Å². The second-order valence-electron chi connectivity index (χ2n) is 9.62. The number of rotatable bonds is 6. The summed E-state index contributed by atoms with van der Waals surface area (Å²) in [5.41, 5.74) is 4.75. The summed E-state index contributed by atoms with van der Waals surface area (Å²) in [6, 6.07) is 14.7. The van der Waals surface area contributed by atoms with Crippen LogP contribution < -0.4 is 20.4 Å². The van der Waals surface area contributed by atoms with Gasteiger partial charge >= 0.3 is 0 Å². The van der Waals surface area contributed by atoms with Gasteiger partial charge in [0.25, 0.3) is 5.91 Å². The number of aryl methyl sites for hydroxylation is 1. The second-order valence-corrected chi connectivity index (χ2v) is 9.62. The first-order chi connectivity index (χ1) is 17.9. The SMILES string of the molecule is Cc1c[nH]c2ncnc(N3CCC(C(=O)Nc4cccc(C(=O)Nc5cccc(N(C)C)c5)c4)CC3)c12. The van der Waals surface area contributed by atoms with Crippen molar-refractivity contribution < 1.29 is 9.59 Å². The van der Waals surface area contributed by atoms with Crippen LogP contribution in [-0.2, 0) is 4.79 Å². The molecule has 2 aromatic carbocycles. The third-order valence-electron chi connectivity index (χ3n) is 6.82. The van der Waals surface area contributed by atoms with E-state index < -0.39 is 0 Å². The Kier molecular flexibility index (Phi) is 6.76. The van der Waals surface area contributed by atoms with Gasteiger partial charge in [0.05, 0.1) is 5.39 Å². The molecule has 1 saturated heterocycles. The molecule has 5 rings (SSSR count). The fraction of sp³-hybridized carbons (Fsp3) is 0.286. The van der Waals surface area contributed by atoms with Crippen LogP contribution in [0.4, 0.5) is 22.9 Å². The molecule has 1 fully saturated rings. The van der Waals surface area contributed by atoms with E-state index in [0.29, 0.717) is 16.9 Å². The minimum atomic E-state index is -0.225. The molecule has 0 radical (unpaired) electrons. The van der Waals surface area contributed by atoms with Crippen molar-refractivity contribution in [3.05, 3.63) is 72.2 Å². The third-order valence-corrected chi connectivity index (χ3v) is 6.82. The van der Waals surface area contributed by atoms with E-state index in [9.17, 15) is 9.59 Å². The molecular weight excluding hydrogens is 466 g/mol. The molecule has 9 nitrogen and oxygen atoms in total. The number of nitrogens with one attached hydrogen (secondary N) is 3. The number of piperidine rings is 1. The number of anilines is 4. The summed E-state index contributed by atoms with van der Waals surface area (Å²) in [5.74, 6) is 0.558. The Morgan fingerprint density at radius 2 is 1.73 bits per heavy atom. The number of aromatic nitrogens is 3. The summed E-state index contributed by atoms with van der Waals surface area (Å²) in [7, 11) is 3.91. The Bertz CT molecular complexity index is 1440. The van der Waals surface area contributed by atoms with Crippen molar-refractivity contribution in [1.82, 2.24) is 15.0 Å². The number of hydrogen-bond acceptors (Lipinski definition) is 6. The summed E-state index contributed by atoms with van der Waals surface area (Å²) in [5, 5.41) is 6.98. The maximum atomic E-state index is 13.0. The zero-order valence-corrected chi connectivity index (χ0v) is 21.3. The number of fused-ring (bicyclic) bond motifs is 1. The first kappa shape index (κ1) is 24.3. The van der Waals surface area contributed by atoms with Crippen LogP contribution in [0.2, 0.25) is 0 Å². The number of carbonyl (C=O) groups is 2. The van der Waals surface area contributed by atoms with Crippen molar-refractivity contribution in [2.45, 2.75) is 19.8 Å². The lowest BCUT2D eigenvalue weighted by atomic mass is 9.95. The minimum absolute atomic E-state index is 0.0263. The van der Waals surface area contributed by atoms with E-state index in [0.717, 1.165) is 54.0 Å². The van der Waals surface area contributed by atoms with Crippen molar-refractivity contribution in [3.8, 4) is 0 Å². The summed E-state index contributed by atoms with van der Waals surface area (Å²) in [6.07, 6.45) is 4.97. The van der Waals surface area contributed by atoms with Crippen LogP contribution in [0, 0.1) is 12.8 Å². The lowest BCUT2D eigenvalue weighted by Gasteiger charge is -2.32. The molecule has 0 spiro atoms. The van der Waals surface area contributed by atoms with Gasteiger partial charge in [0.15, 0.2) is 0 Å². The van der Waals surface area contributed by atoms with Crippen molar-refractivity contribution in [3.63, 3.8) is 0 Å². The lowest BCUT2D eigenvalue weighted by Crippen LogP contribution is -2.38. The molecular formula is C28H31N7O2. The Labute approximate surface area is 215 Å². The summed E-state index contributed by atoms with van der Waals surface area (Å²) < 4.78 is 0. The van der Waals surface area contributed by atoms with Gasteiger partial charge < -0.3 is 25.4 Å². The molecule has 2 amide bonds. The summed E-state index contributed by atoms with van der Waals surface area (Å²) >= 11 is 0. The highest BCUT2D eigenvalue weighted by Crippen LogP contribution is 2.30. The quantitative estimate of drug-likeness (QED) is 0.364. The van der Waals surface area contributed by atoms with Gasteiger partial charge in [-0.2, -0.15) is 0 Å². The predicted molar refractivity (Wildman–Crippen MR) is 147 cm³/mol. The minimum Gasteiger partial charge on any atom is -0.378 e. The van der Waals surface area contributed by atoms with Crippen molar-refractivity contribution in [2.24, 2.45) is 5.92 Å². The largest absolute Gasteiger partial charge is 0.378 e. The van der Waals surface area contributed by atoms with E-state index >= 15 is 0 Å². The molecule has 0 saturated carbocycles. The summed E-state index contributed by atoms with van der Waals surface area (Å²) in [4.78, 5) is 42.1. The van der Waals surface area contributed by atoms with Gasteiger partial charge in [-0.25, -0.2) is 9.97 Å². The van der Waals surface area contributed by atoms with Gasteiger partial charge in [0.1, 0.15) is 17.8 Å². The maximum Gasteiger partial charge on any atom is 0.255 e. The lowest BCUT2D eigenvalue weighted by molar-refractivity contribution is -0.120. The van der Waals surface area contributed by atoms with Crippen molar-refractivity contribution in [2.75, 3.05) is 47.6 Å². The van der Waals surface area contributed by atoms with Gasteiger partial charge in [-0.15, -0.1) is 0 Å². The van der Waals surface area contributed by atoms with E-state index in [1.54, 1.807) is 24.5 Å². The normalized spacial score (nSPS) is 14.0.